The van der Waals surface area contributed by atoms with E-state index in [2.05, 4.69) is 12.2 Å². The average molecular weight is 463 g/mol. The van der Waals surface area contributed by atoms with Gasteiger partial charge in [-0.1, -0.05) is 68.8 Å². The van der Waals surface area contributed by atoms with E-state index in [9.17, 15) is 9.59 Å². The van der Waals surface area contributed by atoms with Gasteiger partial charge in [0.25, 0.3) is 5.91 Å². The van der Waals surface area contributed by atoms with Crippen LogP contribution in [0.4, 0.5) is 0 Å². The molecule has 0 aliphatic carbocycles. The topological polar surface area (TPSA) is 67.9 Å². The van der Waals surface area contributed by atoms with Gasteiger partial charge in [-0.15, -0.1) is 0 Å². The first-order valence-electron chi connectivity index (χ1n) is 11.9. The van der Waals surface area contributed by atoms with E-state index >= 15 is 0 Å². The summed E-state index contributed by atoms with van der Waals surface area (Å²) >= 11 is 0. The Hall–Kier alpha value is -3.54. The molecule has 1 N–H and O–H groups in total. The molecule has 0 aliphatic rings. The van der Waals surface area contributed by atoms with Crippen molar-refractivity contribution < 1.29 is 19.1 Å². The number of unbranched alkanes of at least 4 members (excludes halogenated alkanes) is 1. The molecule has 0 aliphatic heterocycles. The molecule has 2 amide bonds. The van der Waals surface area contributed by atoms with Crippen LogP contribution in [0.1, 0.15) is 38.7 Å². The van der Waals surface area contributed by atoms with Crippen LogP contribution >= 0.6 is 0 Å². The number of rotatable bonds is 12. The average Bonchev–Trinajstić information content (AvgIpc) is 2.87. The van der Waals surface area contributed by atoms with Gasteiger partial charge in [-0.3, -0.25) is 9.59 Å². The van der Waals surface area contributed by atoms with Crippen molar-refractivity contribution in [3.05, 3.63) is 72.3 Å². The number of amides is 2. The maximum absolute atomic E-state index is 13.4. The number of ether oxygens (including phenoxy) is 2. The summed E-state index contributed by atoms with van der Waals surface area (Å²) < 4.78 is 11.3. The number of hydrogen-bond acceptors (Lipinski definition) is 4. The lowest BCUT2D eigenvalue weighted by molar-refractivity contribution is -0.142. The Bertz CT molecular complexity index is 1090. The number of nitrogens with one attached hydrogen (secondary N) is 1. The van der Waals surface area contributed by atoms with E-state index in [4.69, 9.17) is 9.47 Å². The summed E-state index contributed by atoms with van der Waals surface area (Å²) in [6, 6.07) is 20.6. The second-order valence-corrected chi connectivity index (χ2v) is 8.21. The standard InChI is InChI=1S/C28H34N2O4/c1-4-6-17-29-28(32)25(5-2)30(19-21-11-9-14-23(18-21)33-3)27(31)20-34-26-16-10-13-22-12-7-8-15-24(22)26/h7-16,18,25H,4-6,17,19-20H2,1-3H3,(H,29,32)/t25-/m0/s1. The molecule has 3 rings (SSSR count). The van der Waals surface area contributed by atoms with E-state index in [0.717, 1.165) is 29.2 Å². The van der Waals surface area contributed by atoms with Gasteiger partial charge in [0.1, 0.15) is 17.5 Å². The summed E-state index contributed by atoms with van der Waals surface area (Å²) in [6.45, 7) is 4.72. The molecule has 1 atom stereocenters. The van der Waals surface area contributed by atoms with Crippen molar-refractivity contribution >= 4 is 22.6 Å². The second-order valence-electron chi connectivity index (χ2n) is 8.21. The Morgan fingerprint density at radius 2 is 1.76 bits per heavy atom. The van der Waals surface area contributed by atoms with Crippen LogP contribution in [0.2, 0.25) is 0 Å². The molecule has 0 saturated carbocycles. The first kappa shape index (κ1) is 25.1. The van der Waals surface area contributed by atoms with Gasteiger partial charge in [-0.25, -0.2) is 0 Å². The number of nitrogens with zero attached hydrogens (tertiary/aromatic N) is 1. The van der Waals surface area contributed by atoms with Crippen LogP contribution in [0.15, 0.2) is 66.7 Å². The number of carbonyl (C=O) groups is 2. The summed E-state index contributed by atoms with van der Waals surface area (Å²) in [5.41, 5.74) is 0.887. The van der Waals surface area contributed by atoms with Gasteiger partial charge in [0.05, 0.1) is 7.11 Å². The number of benzene rings is 3. The van der Waals surface area contributed by atoms with Gasteiger partial charge < -0.3 is 19.7 Å². The van der Waals surface area contributed by atoms with Gasteiger partial charge in [0, 0.05) is 18.5 Å². The molecule has 6 heteroatoms. The molecule has 0 unspecified atom stereocenters. The van der Waals surface area contributed by atoms with E-state index in [1.54, 1.807) is 12.0 Å². The Morgan fingerprint density at radius 1 is 1.00 bits per heavy atom. The minimum Gasteiger partial charge on any atom is -0.497 e. The zero-order chi connectivity index (χ0) is 24.3. The quantitative estimate of drug-likeness (QED) is 0.387. The third-order valence-electron chi connectivity index (χ3n) is 5.80. The van der Waals surface area contributed by atoms with Crippen molar-refractivity contribution in [3.8, 4) is 11.5 Å². The minimum atomic E-state index is -0.591. The van der Waals surface area contributed by atoms with Crippen LogP contribution in [0.25, 0.3) is 10.8 Å². The van der Waals surface area contributed by atoms with Crippen molar-refractivity contribution in [2.45, 2.75) is 45.7 Å². The summed E-state index contributed by atoms with van der Waals surface area (Å²) in [7, 11) is 1.61. The predicted molar refractivity (Wildman–Crippen MR) is 135 cm³/mol. The molecule has 3 aromatic rings. The molecule has 0 spiro atoms. The molecular formula is C28H34N2O4. The molecule has 34 heavy (non-hydrogen) atoms. The van der Waals surface area contributed by atoms with Crippen LogP contribution in [0, 0.1) is 0 Å². The summed E-state index contributed by atoms with van der Waals surface area (Å²) in [4.78, 5) is 28.0. The molecule has 180 valence electrons. The predicted octanol–water partition coefficient (Wildman–Crippen LogP) is 4.95. The molecule has 0 fully saturated rings. The fourth-order valence-corrected chi connectivity index (χ4v) is 3.94. The van der Waals surface area contributed by atoms with Crippen LogP contribution in [-0.4, -0.2) is 43.0 Å². The second kappa shape index (κ2) is 12.6. The minimum absolute atomic E-state index is 0.141. The van der Waals surface area contributed by atoms with E-state index in [1.807, 2.05) is 73.7 Å². The lowest BCUT2D eigenvalue weighted by atomic mass is 10.1. The van der Waals surface area contributed by atoms with Crippen molar-refractivity contribution in [3.63, 3.8) is 0 Å². The fraction of sp³-hybridized carbons (Fsp3) is 0.357. The molecule has 0 radical (unpaired) electrons. The summed E-state index contributed by atoms with van der Waals surface area (Å²) in [5.74, 6) is 0.969. The summed E-state index contributed by atoms with van der Waals surface area (Å²) in [5, 5.41) is 4.97. The maximum atomic E-state index is 13.4. The molecule has 0 bridgehead atoms. The van der Waals surface area contributed by atoms with Gasteiger partial charge in [-0.2, -0.15) is 0 Å². The Kier molecular flexibility index (Phi) is 9.32. The first-order chi connectivity index (χ1) is 16.6. The monoisotopic (exact) mass is 462 g/mol. The van der Waals surface area contributed by atoms with Crippen molar-refractivity contribution in [1.29, 1.82) is 0 Å². The maximum Gasteiger partial charge on any atom is 0.261 e. The number of carbonyl (C=O) groups excluding carboxylic acids is 2. The zero-order valence-electron chi connectivity index (χ0n) is 20.3. The van der Waals surface area contributed by atoms with E-state index < -0.39 is 6.04 Å². The van der Waals surface area contributed by atoms with Crippen molar-refractivity contribution in [2.24, 2.45) is 0 Å². The normalized spacial score (nSPS) is 11.6. The zero-order valence-corrected chi connectivity index (χ0v) is 20.3. The Morgan fingerprint density at radius 3 is 2.53 bits per heavy atom. The van der Waals surface area contributed by atoms with Crippen LogP contribution in [-0.2, 0) is 16.1 Å². The lowest BCUT2D eigenvalue weighted by Gasteiger charge is -2.30. The van der Waals surface area contributed by atoms with Gasteiger partial charge >= 0.3 is 0 Å². The SMILES string of the molecule is CCCCNC(=O)[C@H](CC)N(Cc1cccc(OC)c1)C(=O)COc1cccc2ccccc12. The summed E-state index contributed by atoms with van der Waals surface area (Å²) in [6.07, 6.45) is 2.39. The molecule has 3 aromatic carbocycles. The Balaban J connectivity index is 1.81. The highest BCUT2D eigenvalue weighted by Gasteiger charge is 2.29. The van der Waals surface area contributed by atoms with Gasteiger partial charge in [-0.05, 0) is 42.0 Å². The van der Waals surface area contributed by atoms with Crippen LogP contribution < -0.4 is 14.8 Å². The Labute approximate surface area is 201 Å². The van der Waals surface area contributed by atoms with Crippen molar-refractivity contribution in [1.82, 2.24) is 10.2 Å². The van der Waals surface area contributed by atoms with Crippen molar-refractivity contribution in [2.75, 3.05) is 20.3 Å². The highest BCUT2D eigenvalue weighted by atomic mass is 16.5. The smallest absolute Gasteiger partial charge is 0.261 e. The number of hydrogen-bond donors (Lipinski definition) is 1. The first-order valence-corrected chi connectivity index (χ1v) is 11.9. The lowest BCUT2D eigenvalue weighted by Crippen LogP contribution is -2.50. The molecule has 0 heterocycles. The van der Waals surface area contributed by atoms with E-state index in [1.165, 1.54) is 0 Å². The third kappa shape index (κ3) is 6.50. The fourth-order valence-electron chi connectivity index (χ4n) is 3.94. The molecule has 0 aromatic heterocycles. The highest BCUT2D eigenvalue weighted by Crippen LogP contribution is 2.25. The largest absolute Gasteiger partial charge is 0.497 e. The number of methoxy groups -OCH3 is 1. The van der Waals surface area contributed by atoms with Crippen LogP contribution in [0.3, 0.4) is 0 Å². The van der Waals surface area contributed by atoms with E-state index in [0.29, 0.717) is 24.5 Å². The van der Waals surface area contributed by atoms with Gasteiger partial charge in [0.2, 0.25) is 5.91 Å². The highest BCUT2D eigenvalue weighted by molar-refractivity contribution is 5.90. The van der Waals surface area contributed by atoms with E-state index in [-0.39, 0.29) is 25.0 Å². The third-order valence-corrected chi connectivity index (χ3v) is 5.80. The van der Waals surface area contributed by atoms with Crippen LogP contribution in [0.5, 0.6) is 11.5 Å². The number of fused-ring (bicyclic) bond motifs is 1. The molecular weight excluding hydrogens is 428 g/mol. The molecule has 6 nitrogen and oxygen atoms in total. The van der Waals surface area contributed by atoms with Gasteiger partial charge in [0.15, 0.2) is 6.61 Å². The molecule has 0 saturated heterocycles.